The van der Waals surface area contributed by atoms with E-state index in [2.05, 4.69) is 10.2 Å². The van der Waals surface area contributed by atoms with E-state index < -0.39 is 0 Å². The predicted octanol–water partition coefficient (Wildman–Crippen LogP) is 1.96. The molecule has 3 rings (SSSR count). The molecule has 0 aromatic carbocycles. The molecule has 0 aromatic heterocycles. The molecule has 0 radical (unpaired) electrons. The number of alkyl carbamates (subject to hydrolysis) is 1. The van der Waals surface area contributed by atoms with Gasteiger partial charge in [-0.1, -0.05) is 0 Å². The number of cyclic esters (lactones) is 1. The fourth-order valence-corrected chi connectivity index (χ4v) is 4.36. The zero-order valence-electron chi connectivity index (χ0n) is 14.5. The van der Waals surface area contributed by atoms with Gasteiger partial charge in [-0.3, -0.25) is 4.90 Å². The van der Waals surface area contributed by atoms with Gasteiger partial charge in [0, 0.05) is 31.2 Å². The lowest BCUT2D eigenvalue weighted by molar-refractivity contribution is 0.0327. The molecule has 0 spiro atoms. The SMILES string of the molecule is CCOC(=O)N1C2CCC1CC(N1CCCCNC(=O)OCC1)C2. The molecule has 3 saturated heterocycles. The average Bonchev–Trinajstić information content (AvgIpc) is 2.84. The van der Waals surface area contributed by atoms with Gasteiger partial charge in [0.05, 0.1) is 6.61 Å². The Labute approximate surface area is 143 Å². The van der Waals surface area contributed by atoms with Crippen molar-refractivity contribution in [2.24, 2.45) is 0 Å². The highest BCUT2D eigenvalue weighted by molar-refractivity contribution is 5.69. The van der Waals surface area contributed by atoms with Crippen molar-refractivity contribution < 1.29 is 19.1 Å². The third-order valence-electron chi connectivity index (χ3n) is 5.46. The van der Waals surface area contributed by atoms with Crippen LogP contribution in [0.3, 0.4) is 0 Å². The maximum atomic E-state index is 12.2. The van der Waals surface area contributed by atoms with Gasteiger partial charge in [0.2, 0.25) is 0 Å². The van der Waals surface area contributed by atoms with Crippen molar-refractivity contribution in [2.45, 2.75) is 63.6 Å². The number of piperidine rings is 1. The molecule has 3 heterocycles. The van der Waals surface area contributed by atoms with Gasteiger partial charge in [0.1, 0.15) is 6.61 Å². The first-order chi connectivity index (χ1) is 11.7. The molecule has 7 heteroatoms. The van der Waals surface area contributed by atoms with Crippen molar-refractivity contribution >= 4 is 12.2 Å². The van der Waals surface area contributed by atoms with Crippen LogP contribution in [0.5, 0.6) is 0 Å². The standard InChI is InChI=1S/C17H29N3O4/c1-2-23-17(22)20-13-5-6-14(20)12-15(11-13)19-8-4-3-7-18-16(21)24-10-9-19/h13-15H,2-12H2,1H3,(H,18,21). The Hall–Kier alpha value is -1.50. The van der Waals surface area contributed by atoms with Gasteiger partial charge in [-0.05, 0) is 52.0 Å². The van der Waals surface area contributed by atoms with Crippen LogP contribution in [0.2, 0.25) is 0 Å². The van der Waals surface area contributed by atoms with Gasteiger partial charge < -0.3 is 19.7 Å². The maximum absolute atomic E-state index is 12.2. The zero-order valence-corrected chi connectivity index (χ0v) is 14.5. The smallest absolute Gasteiger partial charge is 0.410 e. The second kappa shape index (κ2) is 8.05. The summed E-state index contributed by atoms with van der Waals surface area (Å²) in [4.78, 5) is 28.1. The summed E-state index contributed by atoms with van der Waals surface area (Å²) < 4.78 is 10.5. The lowest BCUT2D eigenvalue weighted by Gasteiger charge is -2.42. The van der Waals surface area contributed by atoms with Crippen LogP contribution in [0, 0.1) is 0 Å². The van der Waals surface area contributed by atoms with Crippen LogP contribution in [-0.2, 0) is 9.47 Å². The fraction of sp³-hybridized carbons (Fsp3) is 0.882. The Morgan fingerprint density at radius 3 is 2.67 bits per heavy atom. The van der Waals surface area contributed by atoms with E-state index in [4.69, 9.17) is 9.47 Å². The molecular formula is C17H29N3O4. The Bertz CT molecular complexity index is 445. The summed E-state index contributed by atoms with van der Waals surface area (Å²) in [6.45, 7) is 5.20. The van der Waals surface area contributed by atoms with E-state index in [1.54, 1.807) is 0 Å². The predicted molar refractivity (Wildman–Crippen MR) is 88.9 cm³/mol. The summed E-state index contributed by atoms with van der Waals surface area (Å²) in [6, 6.07) is 1.07. The first kappa shape index (κ1) is 17.3. The molecule has 0 aromatic rings. The van der Waals surface area contributed by atoms with Gasteiger partial charge in [0.15, 0.2) is 0 Å². The highest BCUT2D eigenvalue weighted by atomic mass is 16.6. The van der Waals surface area contributed by atoms with Crippen molar-refractivity contribution in [3.05, 3.63) is 0 Å². The van der Waals surface area contributed by atoms with E-state index in [0.29, 0.717) is 37.9 Å². The van der Waals surface area contributed by atoms with Crippen LogP contribution < -0.4 is 5.32 Å². The molecule has 2 atom stereocenters. The molecule has 3 fully saturated rings. The number of ether oxygens (including phenoxy) is 2. The molecule has 2 amide bonds. The summed E-state index contributed by atoms with van der Waals surface area (Å²) in [5, 5.41) is 2.76. The van der Waals surface area contributed by atoms with Gasteiger partial charge in [-0.25, -0.2) is 9.59 Å². The van der Waals surface area contributed by atoms with Gasteiger partial charge >= 0.3 is 12.2 Å². The second-order valence-corrected chi connectivity index (χ2v) is 6.92. The number of nitrogens with one attached hydrogen (secondary N) is 1. The number of hydrogen-bond acceptors (Lipinski definition) is 5. The molecular weight excluding hydrogens is 310 g/mol. The van der Waals surface area contributed by atoms with Crippen LogP contribution in [0.25, 0.3) is 0 Å². The lowest BCUT2D eigenvalue weighted by Crippen LogP contribution is -2.53. The lowest BCUT2D eigenvalue weighted by atomic mass is 9.96. The van der Waals surface area contributed by atoms with E-state index in [-0.39, 0.29) is 12.2 Å². The topological polar surface area (TPSA) is 71.1 Å². The number of nitrogens with zero attached hydrogens (tertiary/aromatic N) is 2. The Morgan fingerprint density at radius 1 is 1.21 bits per heavy atom. The maximum Gasteiger partial charge on any atom is 0.410 e. The second-order valence-electron chi connectivity index (χ2n) is 6.92. The molecule has 3 aliphatic rings. The van der Waals surface area contributed by atoms with Crippen LogP contribution in [0.4, 0.5) is 9.59 Å². The Kier molecular flexibility index (Phi) is 5.81. The Morgan fingerprint density at radius 2 is 1.96 bits per heavy atom. The minimum Gasteiger partial charge on any atom is -0.450 e. The van der Waals surface area contributed by atoms with Crippen LogP contribution in [0.1, 0.15) is 45.4 Å². The third kappa shape index (κ3) is 3.94. The van der Waals surface area contributed by atoms with Crippen molar-refractivity contribution in [1.29, 1.82) is 0 Å². The van der Waals surface area contributed by atoms with Crippen LogP contribution in [-0.4, -0.2) is 73.0 Å². The largest absolute Gasteiger partial charge is 0.450 e. The summed E-state index contributed by atoms with van der Waals surface area (Å²) >= 11 is 0. The van der Waals surface area contributed by atoms with Crippen molar-refractivity contribution in [3.63, 3.8) is 0 Å². The number of carbonyl (C=O) groups is 2. The van der Waals surface area contributed by atoms with Crippen molar-refractivity contribution in [3.8, 4) is 0 Å². The van der Waals surface area contributed by atoms with Crippen molar-refractivity contribution in [2.75, 3.05) is 32.8 Å². The van der Waals surface area contributed by atoms with E-state index >= 15 is 0 Å². The van der Waals surface area contributed by atoms with E-state index in [9.17, 15) is 9.59 Å². The minimum absolute atomic E-state index is 0.149. The molecule has 0 aliphatic carbocycles. The molecule has 2 unspecified atom stereocenters. The van der Waals surface area contributed by atoms with Crippen LogP contribution >= 0.6 is 0 Å². The number of fused-ring (bicyclic) bond motifs is 2. The minimum atomic E-state index is -0.311. The molecule has 0 saturated carbocycles. The molecule has 3 aliphatic heterocycles. The first-order valence-corrected chi connectivity index (χ1v) is 9.28. The van der Waals surface area contributed by atoms with Gasteiger partial charge in [-0.2, -0.15) is 0 Å². The van der Waals surface area contributed by atoms with Gasteiger partial charge in [0.25, 0.3) is 0 Å². The molecule has 2 bridgehead atoms. The summed E-state index contributed by atoms with van der Waals surface area (Å²) in [6.07, 6.45) is 5.74. The van der Waals surface area contributed by atoms with Crippen LogP contribution in [0.15, 0.2) is 0 Å². The quantitative estimate of drug-likeness (QED) is 0.833. The number of hydrogen-bond donors (Lipinski definition) is 1. The fourth-order valence-electron chi connectivity index (χ4n) is 4.36. The number of rotatable bonds is 2. The average molecular weight is 339 g/mol. The van der Waals surface area contributed by atoms with E-state index in [1.165, 1.54) is 0 Å². The third-order valence-corrected chi connectivity index (χ3v) is 5.46. The monoisotopic (exact) mass is 339 g/mol. The number of carbonyl (C=O) groups excluding carboxylic acids is 2. The molecule has 24 heavy (non-hydrogen) atoms. The number of amides is 2. The summed E-state index contributed by atoms with van der Waals surface area (Å²) in [5.74, 6) is 0. The molecule has 7 nitrogen and oxygen atoms in total. The normalized spacial score (nSPS) is 32.0. The molecule has 136 valence electrons. The van der Waals surface area contributed by atoms with Gasteiger partial charge in [-0.15, -0.1) is 0 Å². The highest BCUT2D eigenvalue weighted by Crippen LogP contribution is 2.38. The Balaban J connectivity index is 1.59. The highest BCUT2D eigenvalue weighted by Gasteiger charge is 2.45. The van der Waals surface area contributed by atoms with Crippen molar-refractivity contribution in [1.82, 2.24) is 15.1 Å². The zero-order chi connectivity index (χ0) is 16.9. The molecule has 1 N–H and O–H groups in total. The first-order valence-electron chi connectivity index (χ1n) is 9.28. The van der Waals surface area contributed by atoms with E-state index in [0.717, 1.165) is 51.6 Å². The summed E-state index contributed by atoms with van der Waals surface area (Å²) in [5.41, 5.74) is 0. The van der Waals surface area contributed by atoms with E-state index in [1.807, 2.05) is 11.8 Å². The summed E-state index contributed by atoms with van der Waals surface area (Å²) in [7, 11) is 0.